The summed E-state index contributed by atoms with van der Waals surface area (Å²) < 4.78 is 5.41. The maximum Gasteiger partial charge on any atom is 0.224 e. The van der Waals surface area contributed by atoms with Crippen molar-refractivity contribution in [3.8, 4) is 0 Å². The Kier molecular flexibility index (Phi) is 4.18. The van der Waals surface area contributed by atoms with Gasteiger partial charge in [-0.15, -0.1) is 0 Å². The monoisotopic (exact) mass is 259 g/mol. The molecule has 1 amide bonds. The van der Waals surface area contributed by atoms with E-state index < -0.39 is 0 Å². The number of hydrogen-bond acceptors (Lipinski definition) is 4. The summed E-state index contributed by atoms with van der Waals surface area (Å²) in [6.07, 6.45) is 2.73. The number of rotatable bonds is 5. The summed E-state index contributed by atoms with van der Waals surface area (Å²) in [4.78, 5) is 15.9. The van der Waals surface area contributed by atoms with Crippen molar-refractivity contribution in [1.82, 2.24) is 10.3 Å². The second-order valence-corrected chi connectivity index (χ2v) is 4.23. The molecule has 1 heterocycles. The Morgan fingerprint density at radius 3 is 2.89 bits per heavy atom. The first-order chi connectivity index (χ1) is 9.19. The van der Waals surface area contributed by atoms with E-state index in [1.807, 2.05) is 25.1 Å². The van der Waals surface area contributed by atoms with E-state index in [2.05, 4.69) is 10.3 Å². The molecule has 5 heteroatoms. The number of nitrogens with two attached hydrogens (primary N) is 1. The zero-order valence-electron chi connectivity index (χ0n) is 10.8. The number of nitrogen functional groups attached to an aromatic ring is 1. The molecule has 5 nitrogen and oxygen atoms in total. The molecule has 0 aliphatic carbocycles. The molecule has 2 rings (SSSR count). The number of amides is 1. The fourth-order valence-electron chi connectivity index (χ4n) is 1.70. The van der Waals surface area contributed by atoms with E-state index in [9.17, 15) is 4.79 Å². The summed E-state index contributed by atoms with van der Waals surface area (Å²) >= 11 is 0. The van der Waals surface area contributed by atoms with Crippen LogP contribution >= 0.6 is 0 Å². The molecule has 0 saturated carbocycles. The van der Waals surface area contributed by atoms with Crippen molar-refractivity contribution < 1.29 is 9.21 Å². The highest BCUT2D eigenvalue weighted by atomic mass is 16.4. The Bertz CT molecular complexity index is 563. The molecule has 0 saturated heterocycles. The first-order valence-corrected chi connectivity index (χ1v) is 6.22. The summed E-state index contributed by atoms with van der Waals surface area (Å²) in [6, 6.07) is 7.33. The summed E-state index contributed by atoms with van der Waals surface area (Å²) in [7, 11) is 0. The van der Waals surface area contributed by atoms with E-state index in [1.54, 1.807) is 12.3 Å². The molecule has 0 fully saturated rings. The van der Waals surface area contributed by atoms with Crippen LogP contribution in [0.5, 0.6) is 0 Å². The van der Waals surface area contributed by atoms with Crippen molar-refractivity contribution >= 4 is 11.6 Å². The van der Waals surface area contributed by atoms with Crippen molar-refractivity contribution in [2.24, 2.45) is 0 Å². The van der Waals surface area contributed by atoms with E-state index in [0.29, 0.717) is 18.1 Å². The van der Waals surface area contributed by atoms with Crippen LogP contribution in [0.25, 0.3) is 0 Å². The zero-order chi connectivity index (χ0) is 13.7. The summed E-state index contributed by atoms with van der Waals surface area (Å²) in [6.45, 7) is 2.28. The first kappa shape index (κ1) is 13.1. The van der Waals surface area contributed by atoms with Gasteiger partial charge in [0, 0.05) is 12.1 Å². The number of carbonyl (C=O) groups is 1. The van der Waals surface area contributed by atoms with Gasteiger partial charge in [-0.2, -0.15) is 0 Å². The van der Waals surface area contributed by atoms with Crippen LogP contribution in [0.4, 0.5) is 5.69 Å². The molecule has 0 spiro atoms. The molecule has 0 radical (unpaired) electrons. The Hall–Kier alpha value is -2.30. The number of aromatic nitrogens is 1. The van der Waals surface area contributed by atoms with Gasteiger partial charge in [0.1, 0.15) is 5.76 Å². The SMILES string of the molecule is CCc1cnc(CNC(=O)Cc2ccccc2N)o1. The van der Waals surface area contributed by atoms with Crippen LogP contribution in [0.15, 0.2) is 34.9 Å². The molecular formula is C14H17N3O2. The topological polar surface area (TPSA) is 81.2 Å². The van der Waals surface area contributed by atoms with Crippen molar-refractivity contribution in [3.63, 3.8) is 0 Å². The highest BCUT2D eigenvalue weighted by Gasteiger charge is 2.08. The highest BCUT2D eigenvalue weighted by Crippen LogP contribution is 2.11. The lowest BCUT2D eigenvalue weighted by Crippen LogP contribution is -2.25. The maximum atomic E-state index is 11.8. The van der Waals surface area contributed by atoms with E-state index in [-0.39, 0.29) is 12.3 Å². The van der Waals surface area contributed by atoms with Crippen LogP contribution in [0.1, 0.15) is 24.1 Å². The van der Waals surface area contributed by atoms with Gasteiger partial charge in [0.05, 0.1) is 19.2 Å². The van der Waals surface area contributed by atoms with Crippen LogP contribution < -0.4 is 11.1 Å². The average Bonchev–Trinajstić information content (AvgIpc) is 2.87. The third kappa shape index (κ3) is 3.58. The molecule has 0 aliphatic heterocycles. The number of benzene rings is 1. The average molecular weight is 259 g/mol. The number of carbonyl (C=O) groups excluding carboxylic acids is 1. The lowest BCUT2D eigenvalue weighted by Gasteiger charge is -2.05. The van der Waals surface area contributed by atoms with Gasteiger partial charge in [-0.25, -0.2) is 4.98 Å². The van der Waals surface area contributed by atoms with Gasteiger partial charge in [-0.3, -0.25) is 4.79 Å². The third-order valence-corrected chi connectivity index (χ3v) is 2.79. The Morgan fingerprint density at radius 2 is 2.21 bits per heavy atom. The highest BCUT2D eigenvalue weighted by molar-refractivity contribution is 5.80. The van der Waals surface area contributed by atoms with E-state index in [0.717, 1.165) is 17.7 Å². The summed E-state index contributed by atoms with van der Waals surface area (Å²) in [5.41, 5.74) is 7.23. The minimum atomic E-state index is -0.103. The minimum absolute atomic E-state index is 0.103. The molecule has 1 aromatic carbocycles. The second kappa shape index (κ2) is 6.04. The summed E-state index contributed by atoms with van der Waals surface area (Å²) in [5, 5.41) is 2.76. The van der Waals surface area contributed by atoms with Gasteiger partial charge in [-0.1, -0.05) is 25.1 Å². The fraction of sp³-hybridized carbons (Fsp3) is 0.286. The standard InChI is InChI=1S/C14H17N3O2/c1-2-11-8-17-14(19-11)9-16-13(18)7-10-5-3-4-6-12(10)15/h3-6,8H,2,7,9,15H2,1H3,(H,16,18). The van der Waals surface area contributed by atoms with E-state index >= 15 is 0 Å². The second-order valence-electron chi connectivity index (χ2n) is 4.23. The van der Waals surface area contributed by atoms with Crippen molar-refractivity contribution in [2.45, 2.75) is 26.3 Å². The zero-order valence-corrected chi connectivity index (χ0v) is 10.8. The van der Waals surface area contributed by atoms with E-state index in [4.69, 9.17) is 10.2 Å². The molecular weight excluding hydrogens is 242 g/mol. The molecule has 0 bridgehead atoms. The molecule has 1 aromatic heterocycles. The van der Waals surface area contributed by atoms with Crippen LogP contribution in [0, 0.1) is 0 Å². The van der Waals surface area contributed by atoms with Crippen LogP contribution in [-0.2, 0) is 24.2 Å². The van der Waals surface area contributed by atoms with Crippen LogP contribution in [0.3, 0.4) is 0 Å². The molecule has 0 aliphatic rings. The Balaban J connectivity index is 1.86. The third-order valence-electron chi connectivity index (χ3n) is 2.79. The molecule has 100 valence electrons. The van der Waals surface area contributed by atoms with Gasteiger partial charge in [-0.05, 0) is 11.6 Å². The molecule has 0 atom stereocenters. The predicted octanol–water partition coefficient (Wildman–Crippen LogP) is 1.68. The molecule has 2 aromatic rings. The molecule has 3 N–H and O–H groups in total. The van der Waals surface area contributed by atoms with Crippen molar-refractivity contribution in [1.29, 1.82) is 0 Å². The van der Waals surface area contributed by atoms with Gasteiger partial charge in [0.25, 0.3) is 0 Å². The number of nitrogens with zero attached hydrogens (tertiary/aromatic N) is 1. The smallest absolute Gasteiger partial charge is 0.224 e. The maximum absolute atomic E-state index is 11.8. The number of aryl methyl sites for hydroxylation is 1. The molecule has 19 heavy (non-hydrogen) atoms. The first-order valence-electron chi connectivity index (χ1n) is 6.22. The van der Waals surface area contributed by atoms with Gasteiger partial charge in [0.15, 0.2) is 0 Å². The number of oxazole rings is 1. The van der Waals surface area contributed by atoms with Crippen LogP contribution in [0.2, 0.25) is 0 Å². The van der Waals surface area contributed by atoms with Crippen LogP contribution in [-0.4, -0.2) is 10.9 Å². The van der Waals surface area contributed by atoms with Gasteiger partial charge >= 0.3 is 0 Å². The Labute approximate surface area is 111 Å². The number of hydrogen-bond donors (Lipinski definition) is 2. The molecule has 0 unspecified atom stereocenters. The van der Waals surface area contributed by atoms with Gasteiger partial charge < -0.3 is 15.5 Å². The number of nitrogens with one attached hydrogen (secondary N) is 1. The quantitative estimate of drug-likeness (QED) is 0.800. The number of anilines is 1. The normalized spacial score (nSPS) is 10.4. The number of para-hydroxylation sites is 1. The van der Waals surface area contributed by atoms with Crippen molar-refractivity contribution in [3.05, 3.63) is 47.7 Å². The Morgan fingerprint density at radius 1 is 1.42 bits per heavy atom. The van der Waals surface area contributed by atoms with E-state index in [1.165, 1.54) is 0 Å². The largest absolute Gasteiger partial charge is 0.444 e. The van der Waals surface area contributed by atoms with Crippen molar-refractivity contribution in [2.75, 3.05) is 5.73 Å². The predicted molar refractivity (Wildman–Crippen MR) is 72.3 cm³/mol. The van der Waals surface area contributed by atoms with Gasteiger partial charge in [0.2, 0.25) is 11.8 Å². The lowest BCUT2D eigenvalue weighted by molar-refractivity contribution is -0.120. The lowest BCUT2D eigenvalue weighted by atomic mass is 10.1. The minimum Gasteiger partial charge on any atom is -0.444 e. The summed E-state index contributed by atoms with van der Waals surface area (Å²) in [5.74, 6) is 1.23. The fourth-order valence-corrected chi connectivity index (χ4v) is 1.70.